The van der Waals surface area contributed by atoms with Gasteiger partial charge in [-0.05, 0) is 36.8 Å². The largest absolute Gasteiger partial charge is 0.381 e. The average Bonchev–Trinajstić information content (AvgIpc) is 3.19. The topological polar surface area (TPSA) is 45.7 Å². The molecule has 1 aromatic carbocycles. The Hall–Kier alpha value is -1.85. The number of nitrogens with one attached hydrogen (secondary N) is 2. The lowest BCUT2D eigenvalue weighted by molar-refractivity contribution is 0.0514. The van der Waals surface area contributed by atoms with Gasteiger partial charge < -0.3 is 15.4 Å². The zero-order valence-electron chi connectivity index (χ0n) is 14.8. The molecule has 3 rings (SSSR count). The second kappa shape index (κ2) is 9.02. The van der Waals surface area contributed by atoms with Crippen LogP contribution in [0.25, 0.3) is 0 Å². The Bertz CT molecular complexity index is 649. The van der Waals surface area contributed by atoms with Crippen molar-refractivity contribution in [2.45, 2.75) is 31.7 Å². The number of guanidine groups is 1. The standard InChI is InChI=1S/C20H27N3OS/c1-2-21-19(22-15-18-9-6-14-25-18)23-16-20(10-12-24-13-11-20)17-7-4-3-5-8-17/h3-9,14H,2,10-13,15-16H2,1H3,(H2,21,22,23). The SMILES string of the molecule is CCNC(=NCc1cccs1)NCC1(c2ccccc2)CCOCC1. The lowest BCUT2D eigenvalue weighted by Gasteiger charge is -2.38. The van der Waals surface area contributed by atoms with E-state index in [9.17, 15) is 0 Å². The molecular weight excluding hydrogens is 330 g/mol. The van der Waals surface area contributed by atoms with Gasteiger partial charge in [0.05, 0.1) is 6.54 Å². The van der Waals surface area contributed by atoms with E-state index in [2.05, 4.69) is 65.4 Å². The highest BCUT2D eigenvalue weighted by Gasteiger charge is 2.34. The Kier molecular flexibility index (Phi) is 6.48. The summed E-state index contributed by atoms with van der Waals surface area (Å²) < 4.78 is 5.62. The Morgan fingerprint density at radius 3 is 2.60 bits per heavy atom. The third-order valence-electron chi connectivity index (χ3n) is 4.75. The Balaban J connectivity index is 1.71. The number of hydrogen-bond acceptors (Lipinski definition) is 3. The molecule has 1 saturated heterocycles. The second-order valence-electron chi connectivity index (χ2n) is 6.39. The van der Waals surface area contributed by atoms with Crippen molar-refractivity contribution in [3.63, 3.8) is 0 Å². The van der Waals surface area contributed by atoms with Crippen molar-refractivity contribution < 1.29 is 4.74 Å². The molecule has 0 aliphatic carbocycles. The van der Waals surface area contributed by atoms with E-state index >= 15 is 0 Å². The number of ether oxygens (including phenoxy) is 1. The molecule has 0 radical (unpaired) electrons. The van der Waals surface area contributed by atoms with E-state index in [1.165, 1.54) is 10.4 Å². The predicted octanol–water partition coefficient (Wildman–Crippen LogP) is 3.55. The monoisotopic (exact) mass is 357 g/mol. The van der Waals surface area contributed by atoms with Gasteiger partial charge in [0.2, 0.25) is 0 Å². The molecule has 1 fully saturated rings. The Morgan fingerprint density at radius 1 is 1.12 bits per heavy atom. The number of hydrogen-bond donors (Lipinski definition) is 2. The van der Waals surface area contributed by atoms with Crippen molar-refractivity contribution in [1.82, 2.24) is 10.6 Å². The van der Waals surface area contributed by atoms with Crippen molar-refractivity contribution >= 4 is 17.3 Å². The lowest BCUT2D eigenvalue weighted by Crippen LogP contribution is -2.48. The van der Waals surface area contributed by atoms with Crippen LogP contribution in [0.15, 0.2) is 52.8 Å². The number of rotatable bonds is 6. The van der Waals surface area contributed by atoms with E-state index in [0.29, 0.717) is 6.54 Å². The second-order valence-corrected chi connectivity index (χ2v) is 7.42. The van der Waals surface area contributed by atoms with Crippen LogP contribution in [0.4, 0.5) is 0 Å². The van der Waals surface area contributed by atoms with Crippen LogP contribution in [0, 0.1) is 0 Å². The molecule has 2 aromatic rings. The summed E-state index contributed by atoms with van der Waals surface area (Å²) in [7, 11) is 0. The molecule has 0 atom stereocenters. The molecule has 25 heavy (non-hydrogen) atoms. The summed E-state index contributed by atoms with van der Waals surface area (Å²) in [5.41, 5.74) is 1.50. The maximum absolute atomic E-state index is 5.62. The zero-order valence-corrected chi connectivity index (χ0v) is 15.6. The van der Waals surface area contributed by atoms with E-state index < -0.39 is 0 Å². The van der Waals surface area contributed by atoms with Gasteiger partial charge in [-0.3, -0.25) is 0 Å². The van der Waals surface area contributed by atoms with E-state index in [-0.39, 0.29) is 5.41 Å². The molecule has 0 unspecified atom stereocenters. The van der Waals surface area contributed by atoms with Gasteiger partial charge in [0.25, 0.3) is 0 Å². The Labute approximate surface area is 154 Å². The first-order valence-electron chi connectivity index (χ1n) is 9.00. The van der Waals surface area contributed by atoms with Crippen LogP contribution in [0.2, 0.25) is 0 Å². The highest BCUT2D eigenvalue weighted by atomic mass is 32.1. The fraction of sp³-hybridized carbons (Fsp3) is 0.450. The van der Waals surface area contributed by atoms with Gasteiger partial charge in [-0.25, -0.2) is 4.99 Å². The van der Waals surface area contributed by atoms with Crippen molar-refractivity contribution in [3.8, 4) is 0 Å². The molecule has 2 heterocycles. The van der Waals surface area contributed by atoms with E-state index in [0.717, 1.165) is 45.1 Å². The van der Waals surface area contributed by atoms with Crippen LogP contribution in [-0.2, 0) is 16.7 Å². The third kappa shape index (κ3) is 4.83. The number of thiophene rings is 1. The number of aliphatic imine (C=N–C) groups is 1. The summed E-state index contributed by atoms with van der Waals surface area (Å²) in [5.74, 6) is 0.887. The molecular formula is C20H27N3OS. The van der Waals surface area contributed by atoms with Crippen molar-refractivity contribution in [3.05, 3.63) is 58.3 Å². The molecule has 4 nitrogen and oxygen atoms in total. The predicted molar refractivity (Wildman–Crippen MR) is 105 cm³/mol. The van der Waals surface area contributed by atoms with Crippen LogP contribution in [0.5, 0.6) is 0 Å². The first kappa shape index (κ1) is 18.0. The van der Waals surface area contributed by atoms with Gasteiger partial charge >= 0.3 is 0 Å². The minimum atomic E-state index is 0.110. The molecule has 134 valence electrons. The third-order valence-corrected chi connectivity index (χ3v) is 5.61. The summed E-state index contributed by atoms with van der Waals surface area (Å²) >= 11 is 1.75. The number of nitrogens with zero attached hydrogens (tertiary/aromatic N) is 1. The van der Waals surface area contributed by atoms with Gasteiger partial charge in [-0.15, -0.1) is 11.3 Å². The minimum Gasteiger partial charge on any atom is -0.381 e. The molecule has 5 heteroatoms. The lowest BCUT2D eigenvalue weighted by atomic mass is 9.74. The molecule has 0 amide bonds. The summed E-state index contributed by atoms with van der Waals surface area (Å²) in [6.07, 6.45) is 2.07. The van der Waals surface area contributed by atoms with Gasteiger partial charge in [-0.1, -0.05) is 36.4 Å². The first-order valence-corrected chi connectivity index (χ1v) is 9.88. The minimum absolute atomic E-state index is 0.110. The average molecular weight is 358 g/mol. The molecule has 1 aromatic heterocycles. The first-order chi connectivity index (χ1) is 12.3. The van der Waals surface area contributed by atoms with Gasteiger partial charge in [0, 0.05) is 36.6 Å². The molecule has 2 N–H and O–H groups in total. The quantitative estimate of drug-likeness (QED) is 0.614. The van der Waals surface area contributed by atoms with Crippen LogP contribution < -0.4 is 10.6 Å². The molecule has 0 saturated carbocycles. The highest BCUT2D eigenvalue weighted by molar-refractivity contribution is 7.09. The van der Waals surface area contributed by atoms with Crippen LogP contribution >= 0.6 is 11.3 Å². The summed E-state index contributed by atoms with van der Waals surface area (Å²) in [4.78, 5) is 6.02. The molecule has 0 bridgehead atoms. The highest BCUT2D eigenvalue weighted by Crippen LogP contribution is 2.34. The Morgan fingerprint density at radius 2 is 1.92 bits per heavy atom. The van der Waals surface area contributed by atoms with Crippen molar-refractivity contribution in [1.29, 1.82) is 0 Å². The van der Waals surface area contributed by atoms with E-state index in [4.69, 9.17) is 9.73 Å². The fourth-order valence-corrected chi connectivity index (χ4v) is 3.90. The molecule has 1 aliphatic rings. The van der Waals surface area contributed by atoms with Crippen molar-refractivity contribution in [2.75, 3.05) is 26.3 Å². The maximum Gasteiger partial charge on any atom is 0.191 e. The summed E-state index contributed by atoms with van der Waals surface area (Å²) in [5, 5.41) is 9.04. The van der Waals surface area contributed by atoms with Gasteiger partial charge in [-0.2, -0.15) is 0 Å². The van der Waals surface area contributed by atoms with E-state index in [1.54, 1.807) is 11.3 Å². The van der Waals surface area contributed by atoms with Crippen LogP contribution in [-0.4, -0.2) is 32.3 Å². The molecule has 1 aliphatic heterocycles. The smallest absolute Gasteiger partial charge is 0.191 e. The van der Waals surface area contributed by atoms with Gasteiger partial charge in [0.15, 0.2) is 5.96 Å². The van der Waals surface area contributed by atoms with Crippen LogP contribution in [0.3, 0.4) is 0 Å². The fourth-order valence-electron chi connectivity index (χ4n) is 3.28. The van der Waals surface area contributed by atoms with E-state index in [1.807, 2.05) is 0 Å². The van der Waals surface area contributed by atoms with Crippen LogP contribution in [0.1, 0.15) is 30.2 Å². The van der Waals surface area contributed by atoms with Gasteiger partial charge in [0.1, 0.15) is 0 Å². The van der Waals surface area contributed by atoms with Crippen molar-refractivity contribution in [2.24, 2.45) is 4.99 Å². The summed E-state index contributed by atoms with van der Waals surface area (Å²) in [6, 6.07) is 15.0. The maximum atomic E-state index is 5.62. The zero-order chi connectivity index (χ0) is 17.4. The number of benzene rings is 1. The normalized spacial score (nSPS) is 17.2. The summed E-state index contributed by atoms with van der Waals surface area (Å²) in [6.45, 7) is 6.19. The molecule has 0 spiro atoms.